The summed E-state index contributed by atoms with van der Waals surface area (Å²) in [6, 6.07) is 6.07. The number of anilines is 2. The largest absolute Gasteiger partial charge is 0.382 e. The molecule has 0 unspecified atom stereocenters. The Morgan fingerprint density at radius 2 is 2.14 bits per heavy atom. The topological polar surface area (TPSA) is 90.0 Å². The SMILES string of the molecule is Cn1c(N)nc2cc(N[C@@H]3CCS(=O)(=O)C(C)(C)C3)ccc21. The molecule has 1 aromatic carbocycles. The summed E-state index contributed by atoms with van der Waals surface area (Å²) in [6.07, 6.45) is 1.24. The molecule has 3 rings (SSSR count). The number of nitrogens with two attached hydrogens (primary N) is 1. The number of aryl methyl sites for hydroxylation is 1. The number of hydrogen-bond acceptors (Lipinski definition) is 5. The molecular formula is C15H22N4O2S. The number of nitrogens with one attached hydrogen (secondary N) is 1. The van der Waals surface area contributed by atoms with Crippen molar-refractivity contribution in [2.45, 2.75) is 37.5 Å². The number of rotatable bonds is 2. The molecule has 1 fully saturated rings. The van der Waals surface area contributed by atoms with Gasteiger partial charge in [0.1, 0.15) is 0 Å². The van der Waals surface area contributed by atoms with Gasteiger partial charge in [0.25, 0.3) is 0 Å². The lowest BCUT2D eigenvalue weighted by atomic mass is 9.99. The number of nitrogen functional groups attached to an aromatic ring is 1. The highest BCUT2D eigenvalue weighted by Gasteiger charge is 2.40. The first-order chi connectivity index (χ1) is 10.2. The Kier molecular flexibility index (Phi) is 3.36. The number of aromatic nitrogens is 2. The van der Waals surface area contributed by atoms with Crippen LogP contribution in [-0.2, 0) is 16.9 Å². The highest BCUT2D eigenvalue weighted by atomic mass is 32.2. The summed E-state index contributed by atoms with van der Waals surface area (Å²) in [5.41, 5.74) is 8.59. The van der Waals surface area contributed by atoms with Crippen LogP contribution in [0.25, 0.3) is 11.0 Å². The van der Waals surface area contributed by atoms with Crippen molar-refractivity contribution in [2.75, 3.05) is 16.8 Å². The number of fused-ring (bicyclic) bond motifs is 1. The van der Waals surface area contributed by atoms with Crippen LogP contribution in [0.5, 0.6) is 0 Å². The van der Waals surface area contributed by atoms with Crippen molar-refractivity contribution in [2.24, 2.45) is 7.05 Å². The molecule has 6 nitrogen and oxygen atoms in total. The van der Waals surface area contributed by atoms with Crippen LogP contribution in [0.2, 0.25) is 0 Å². The van der Waals surface area contributed by atoms with E-state index in [0.29, 0.717) is 18.8 Å². The van der Waals surface area contributed by atoms with E-state index in [1.54, 1.807) is 13.8 Å². The van der Waals surface area contributed by atoms with Crippen LogP contribution < -0.4 is 11.1 Å². The Morgan fingerprint density at radius 1 is 1.41 bits per heavy atom. The van der Waals surface area contributed by atoms with Gasteiger partial charge in [0.15, 0.2) is 9.84 Å². The molecule has 0 radical (unpaired) electrons. The zero-order chi connectivity index (χ0) is 16.1. The van der Waals surface area contributed by atoms with Crippen LogP contribution in [-0.4, -0.2) is 34.5 Å². The number of sulfone groups is 1. The summed E-state index contributed by atoms with van der Waals surface area (Å²) in [7, 11) is -1.11. The third-order valence-corrected chi connectivity index (χ3v) is 7.22. The van der Waals surface area contributed by atoms with Crippen molar-refractivity contribution in [3.05, 3.63) is 18.2 Å². The Hall–Kier alpha value is -1.76. The fraction of sp³-hybridized carbons (Fsp3) is 0.533. The van der Waals surface area contributed by atoms with E-state index in [9.17, 15) is 8.42 Å². The Morgan fingerprint density at radius 3 is 2.82 bits per heavy atom. The van der Waals surface area contributed by atoms with E-state index in [2.05, 4.69) is 10.3 Å². The van der Waals surface area contributed by atoms with E-state index >= 15 is 0 Å². The van der Waals surface area contributed by atoms with Crippen molar-refractivity contribution in [3.8, 4) is 0 Å². The van der Waals surface area contributed by atoms with Crippen LogP contribution in [0.4, 0.5) is 11.6 Å². The molecule has 0 bridgehead atoms. The first kappa shape index (κ1) is 15.1. The fourth-order valence-corrected chi connectivity index (χ4v) is 4.67. The molecule has 120 valence electrons. The standard InChI is InChI=1S/C15H22N4O2S/c1-15(2)9-11(6-7-22(15,20)21)17-10-4-5-13-12(8-10)18-14(16)19(13)3/h4-5,8,11,17H,6-7,9H2,1-3H3,(H2,16,18)/t11-/m1/s1. The van der Waals surface area contributed by atoms with Gasteiger partial charge in [0.05, 0.1) is 21.5 Å². The molecule has 1 atom stereocenters. The average molecular weight is 322 g/mol. The normalized spacial score (nSPS) is 23.5. The van der Waals surface area contributed by atoms with Gasteiger partial charge in [-0.1, -0.05) is 0 Å². The first-order valence-corrected chi connectivity index (χ1v) is 9.06. The monoisotopic (exact) mass is 322 g/mol. The Balaban J connectivity index is 1.82. The minimum Gasteiger partial charge on any atom is -0.382 e. The van der Waals surface area contributed by atoms with E-state index in [1.165, 1.54) is 0 Å². The number of benzene rings is 1. The zero-order valence-electron chi connectivity index (χ0n) is 13.1. The van der Waals surface area contributed by atoms with Crippen molar-refractivity contribution in [1.29, 1.82) is 0 Å². The summed E-state index contributed by atoms with van der Waals surface area (Å²) in [4.78, 5) is 4.32. The molecule has 3 N–H and O–H groups in total. The van der Waals surface area contributed by atoms with Gasteiger partial charge in [0, 0.05) is 18.8 Å². The molecule has 0 spiro atoms. The quantitative estimate of drug-likeness (QED) is 0.881. The van der Waals surface area contributed by atoms with Gasteiger partial charge in [-0.2, -0.15) is 0 Å². The summed E-state index contributed by atoms with van der Waals surface area (Å²) in [5, 5.41) is 3.44. The first-order valence-electron chi connectivity index (χ1n) is 7.40. The van der Waals surface area contributed by atoms with Crippen LogP contribution >= 0.6 is 0 Å². The second kappa shape index (κ2) is 4.87. The van der Waals surface area contributed by atoms with Gasteiger partial charge in [0.2, 0.25) is 5.95 Å². The molecular weight excluding hydrogens is 300 g/mol. The fourth-order valence-electron chi connectivity index (χ4n) is 3.06. The summed E-state index contributed by atoms with van der Waals surface area (Å²) < 4.78 is 25.3. The van der Waals surface area contributed by atoms with E-state index in [4.69, 9.17) is 5.73 Å². The molecule has 0 amide bonds. The lowest BCUT2D eigenvalue weighted by Crippen LogP contribution is -2.45. The van der Waals surface area contributed by atoms with Crippen LogP contribution in [0.3, 0.4) is 0 Å². The van der Waals surface area contributed by atoms with Gasteiger partial charge in [-0.25, -0.2) is 13.4 Å². The maximum Gasteiger partial charge on any atom is 0.200 e. The van der Waals surface area contributed by atoms with Crippen LogP contribution in [0.1, 0.15) is 26.7 Å². The van der Waals surface area contributed by atoms with E-state index in [0.717, 1.165) is 16.7 Å². The number of imidazole rings is 1. The molecule has 1 aliphatic heterocycles. The highest BCUT2D eigenvalue weighted by Crippen LogP contribution is 2.32. The van der Waals surface area contributed by atoms with Gasteiger partial charge < -0.3 is 15.6 Å². The molecule has 1 aliphatic rings. The van der Waals surface area contributed by atoms with Crippen LogP contribution in [0.15, 0.2) is 18.2 Å². The third-order valence-electron chi connectivity index (χ3n) is 4.60. The van der Waals surface area contributed by atoms with Crippen molar-refractivity contribution >= 4 is 32.5 Å². The number of hydrogen-bond donors (Lipinski definition) is 2. The average Bonchev–Trinajstić information content (AvgIpc) is 2.69. The smallest absolute Gasteiger partial charge is 0.200 e. The lowest BCUT2D eigenvalue weighted by molar-refractivity contribution is 0.463. The van der Waals surface area contributed by atoms with Gasteiger partial charge in [-0.05, 0) is 44.9 Å². The molecule has 7 heteroatoms. The summed E-state index contributed by atoms with van der Waals surface area (Å²) in [6.45, 7) is 3.61. The molecule has 1 aromatic heterocycles. The predicted octanol–water partition coefficient (Wildman–Crippen LogP) is 1.92. The summed E-state index contributed by atoms with van der Waals surface area (Å²) >= 11 is 0. The molecule has 22 heavy (non-hydrogen) atoms. The highest BCUT2D eigenvalue weighted by molar-refractivity contribution is 7.92. The molecule has 0 saturated carbocycles. The third kappa shape index (κ3) is 2.43. The van der Waals surface area contributed by atoms with Crippen molar-refractivity contribution < 1.29 is 8.42 Å². The van der Waals surface area contributed by atoms with E-state index in [-0.39, 0.29) is 11.8 Å². The van der Waals surface area contributed by atoms with Gasteiger partial charge in [-0.15, -0.1) is 0 Å². The van der Waals surface area contributed by atoms with Gasteiger partial charge >= 0.3 is 0 Å². The number of nitrogens with zero attached hydrogens (tertiary/aromatic N) is 2. The van der Waals surface area contributed by atoms with E-state index < -0.39 is 14.6 Å². The molecule has 1 saturated heterocycles. The molecule has 0 aliphatic carbocycles. The Bertz CT molecular complexity index is 823. The lowest BCUT2D eigenvalue weighted by Gasteiger charge is -2.35. The minimum absolute atomic E-state index is 0.150. The maximum atomic E-state index is 12.1. The van der Waals surface area contributed by atoms with Crippen molar-refractivity contribution in [1.82, 2.24) is 9.55 Å². The minimum atomic E-state index is -3.00. The summed E-state index contributed by atoms with van der Waals surface area (Å²) in [5.74, 6) is 0.716. The Labute approximate surface area is 130 Å². The second-order valence-electron chi connectivity index (χ2n) is 6.65. The van der Waals surface area contributed by atoms with E-state index in [1.807, 2.05) is 29.8 Å². The molecule has 2 heterocycles. The predicted molar refractivity (Wildman–Crippen MR) is 89.6 cm³/mol. The van der Waals surface area contributed by atoms with Crippen LogP contribution in [0, 0.1) is 0 Å². The second-order valence-corrected chi connectivity index (χ2v) is 9.39. The van der Waals surface area contributed by atoms with Crippen molar-refractivity contribution in [3.63, 3.8) is 0 Å². The zero-order valence-corrected chi connectivity index (χ0v) is 13.9. The molecule has 2 aromatic rings. The van der Waals surface area contributed by atoms with Gasteiger partial charge in [-0.3, -0.25) is 0 Å². The maximum absolute atomic E-state index is 12.1.